The first-order valence-corrected chi connectivity index (χ1v) is 16.4. The van der Waals surface area contributed by atoms with Crippen molar-refractivity contribution in [1.29, 1.82) is 0 Å². The Bertz CT molecular complexity index is 831. The van der Waals surface area contributed by atoms with Gasteiger partial charge in [0.1, 0.15) is 18.8 Å². The number of carbonyl (C=O) groups excluding carboxylic acids is 3. The fraction of sp³-hybridized carbons (Fsp3) is 0.788. The van der Waals surface area contributed by atoms with Gasteiger partial charge < -0.3 is 52.6 Å². The summed E-state index contributed by atoms with van der Waals surface area (Å²) in [6.07, 6.45) is 3.26. The molecular weight excluding hydrogens is 632 g/mol. The fourth-order valence-electron chi connectivity index (χ4n) is 3.58. The Kier molecular flexibility index (Phi) is 29.9. The number of piperazine rings is 1. The van der Waals surface area contributed by atoms with Gasteiger partial charge in [-0.3, -0.25) is 14.5 Å². The van der Waals surface area contributed by atoms with Gasteiger partial charge in [-0.15, -0.1) is 0 Å². The number of amides is 1. The minimum atomic E-state index is -0.463. The van der Waals surface area contributed by atoms with Gasteiger partial charge in [-0.2, -0.15) is 0 Å². The van der Waals surface area contributed by atoms with Gasteiger partial charge in [-0.25, -0.2) is 4.79 Å². The lowest BCUT2D eigenvalue weighted by Gasteiger charge is -2.35. The van der Waals surface area contributed by atoms with Crippen molar-refractivity contribution in [3.63, 3.8) is 0 Å². The van der Waals surface area contributed by atoms with E-state index in [9.17, 15) is 14.4 Å². The van der Waals surface area contributed by atoms with Gasteiger partial charge >= 0.3 is 18.0 Å². The normalized spacial score (nSPS) is 13.3. The lowest BCUT2D eigenvalue weighted by molar-refractivity contribution is -0.144. The van der Waals surface area contributed by atoms with Crippen molar-refractivity contribution in [3.8, 4) is 0 Å². The Morgan fingerprint density at radius 1 is 0.625 bits per heavy atom. The fourth-order valence-corrected chi connectivity index (χ4v) is 3.58. The number of aliphatic hydroxyl groups is 1. The van der Waals surface area contributed by atoms with Crippen LogP contribution >= 0.6 is 0 Å². The molecule has 1 aliphatic rings. The number of carbonyl (C=O) groups is 3. The van der Waals surface area contributed by atoms with Crippen LogP contribution in [0.4, 0.5) is 4.79 Å². The summed E-state index contributed by atoms with van der Waals surface area (Å²) in [5, 5.41) is 8.44. The summed E-state index contributed by atoms with van der Waals surface area (Å²) in [5.74, 6) is -0.594. The zero-order valence-corrected chi connectivity index (χ0v) is 29.4. The van der Waals surface area contributed by atoms with Crippen molar-refractivity contribution < 1.29 is 62.1 Å². The summed E-state index contributed by atoms with van der Waals surface area (Å²) in [6, 6.07) is 0. The molecule has 0 spiro atoms. The van der Waals surface area contributed by atoms with E-state index in [1.807, 2.05) is 20.8 Å². The summed E-state index contributed by atoms with van der Waals surface area (Å²) in [7, 11) is 0. The average Bonchev–Trinajstić information content (AvgIpc) is 3.05. The van der Waals surface area contributed by atoms with Crippen LogP contribution in [-0.2, 0) is 52.2 Å². The van der Waals surface area contributed by atoms with Crippen molar-refractivity contribution >= 4 is 18.0 Å². The van der Waals surface area contributed by atoms with Gasteiger partial charge in [-0.1, -0.05) is 25.3 Å². The van der Waals surface area contributed by atoms with Crippen molar-refractivity contribution in [2.24, 2.45) is 0 Å². The molecule has 0 aromatic rings. The third-order valence-electron chi connectivity index (χ3n) is 5.92. The van der Waals surface area contributed by atoms with Crippen molar-refractivity contribution in [2.75, 3.05) is 132 Å². The Morgan fingerprint density at radius 3 is 1.42 bits per heavy atom. The second-order valence-electron chi connectivity index (χ2n) is 11.2. The second kappa shape index (κ2) is 31.6. The maximum Gasteiger partial charge on any atom is 0.410 e. The average molecular weight is 693 g/mol. The first kappa shape index (κ1) is 45.4. The van der Waals surface area contributed by atoms with E-state index in [1.165, 1.54) is 12.2 Å². The molecule has 1 aliphatic heterocycles. The molecular formula is C33H60N2O13. The number of aliphatic hydroxyl groups excluding tert-OH is 1. The quantitative estimate of drug-likeness (QED) is 0.0575. The van der Waals surface area contributed by atoms with E-state index >= 15 is 0 Å². The van der Waals surface area contributed by atoms with Crippen LogP contribution in [0, 0.1) is 0 Å². The minimum absolute atomic E-state index is 0.0189. The number of esters is 2. The van der Waals surface area contributed by atoms with E-state index in [4.69, 9.17) is 47.7 Å². The molecule has 0 aromatic carbocycles. The molecule has 0 bridgehead atoms. The molecule has 15 heteroatoms. The predicted molar refractivity (Wildman–Crippen MR) is 178 cm³/mol. The Morgan fingerprint density at radius 2 is 1.02 bits per heavy atom. The Hall–Kier alpha value is -2.63. The maximum absolute atomic E-state index is 12.0. The van der Waals surface area contributed by atoms with Crippen molar-refractivity contribution in [3.05, 3.63) is 25.3 Å². The number of hydrogen-bond acceptors (Lipinski definition) is 14. The van der Waals surface area contributed by atoms with Crippen LogP contribution in [0.1, 0.15) is 33.6 Å². The molecule has 0 saturated carbocycles. The largest absolute Gasteiger partial charge is 0.461 e. The summed E-state index contributed by atoms with van der Waals surface area (Å²) < 4.78 is 46.7. The highest BCUT2D eigenvalue weighted by Crippen LogP contribution is 2.11. The number of nitrogens with zero attached hydrogens (tertiary/aromatic N) is 2. The monoisotopic (exact) mass is 692 g/mol. The Labute approximate surface area is 286 Å². The zero-order valence-electron chi connectivity index (χ0n) is 29.4. The zero-order chi connectivity index (χ0) is 35.7. The lowest BCUT2D eigenvalue weighted by atomic mass is 10.2. The van der Waals surface area contributed by atoms with Crippen LogP contribution in [0.25, 0.3) is 0 Å². The molecule has 0 radical (unpaired) electrons. The van der Waals surface area contributed by atoms with E-state index in [0.29, 0.717) is 92.4 Å². The van der Waals surface area contributed by atoms with Crippen molar-refractivity contribution in [1.82, 2.24) is 9.80 Å². The van der Waals surface area contributed by atoms with Gasteiger partial charge in [0, 0.05) is 32.7 Å². The van der Waals surface area contributed by atoms with E-state index in [2.05, 4.69) is 18.1 Å². The van der Waals surface area contributed by atoms with E-state index in [0.717, 1.165) is 19.6 Å². The van der Waals surface area contributed by atoms with Crippen LogP contribution in [0.5, 0.6) is 0 Å². The number of hydrogen-bond donors (Lipinski definition) is 1. The van der Waals surface area contributed by atoms with Crippen LogP contribution in [-0.4, -0.2) is 170 Å². The summed E-state index contributed by atoms with van der Waals surface area (Å²) in [5.41, 5.74) is -0.463. The van der Waals surface area contributed by atoms with Crippen molar-refractivity contribution in [2.45, 2.75) is 39.2 Å². The van der Waals surface area contributed by atoms with Crippen LogP contribution in [0.2, 0.25) is 0 Å². The molecule has 48 heavy (non-hydrogen) atoms. The molecule has 1 N–H and O–H groups in total. The van der Waals surface area contributed by atoms with Gasteiger partial charge in [0.05, 0.1) is 98.7 Å². The summed E-state index contributed by atoms with van der Waals surface area (Å²) >= 11 is 0. The topological polar surface area (TPSA) is 161 Å². The third-order valence-corrected chi connectivity index (χ3v) is 5.92. The van der Waals surface area contributed by atoms with Gasteiger partial charge in [0.2, 0.25) is 0 Å². The predicted octanol–water partition coefficient (Wildman–Crippen LogP) is 1.86. The highest BCUT2D eigenvalue weighted by Gasteiger charge is 2.25. The molecule has 0 aromatic heterocycles. The second-order valence-corrected chi connectivity index (χ2v) is 11.2. The Balaban J connectivity index is 0.00000105. The minimum Gasteiger partial charge on any atom is -0.461 e. The third kappa shape index (κ3) is 30.7. The smallest absolute Gasteiger partial charge is 0.410 e. The molecule has 0 unspecified atom stereocenters. The number of rotatable bonds is 27. The van der Waals surface area contributed by atoms with Gasteiger partial charge in [0.15, 0.2) is 0 Å². The van der Waals surface area contributed by atoms with Crippen LogP contribution in [0.15, 0.2) is 25.3 Å². The van der Waals surface area contributed by atoms with E-state index < -0.39 is 5.60 Å². The highest BCUT2D eigenvalue weighted by molar-refractivity contribution is 5.70. The molecule has 0 atom stereocenters. The van der Waals surface area contributed by atoms with Gasteiger partial charge in [0.25, 0.3) is 0 Å². The molecule has 1 rings (SSSR count). The van der Waals surface area contributed by atoms with E-state index in [1.54, 1.807) is 4.90 Å². The molecule has 280 valence electrons. The maximum atomic E-state index is 12.0. The molecule has 1 fully saturated rings. The first-order valence-electron chi connectivity index (χ1n) is 16.4. The lowest BCUT2D eigenvalue weighted by Crippen LogP contribution is -2.50. The molecule has 1 heterocycles. The first-order chi connectivity index (χ1) is 23.1. The van der Waals surface area contributed by atoms with E-state index in [-0.39, 0.29) is 50.7 Å². The molecule has 0 aliphatic carbocycles. The number of ether oxygens (including phenoxy) is 9. The molecule has 1 saturated heterocycles. The molecule has 15 nitrogen and oxygen atoms in total. The molecule has 1 amide bonds. The summed E-state index contributed by atoms with van der Waals surface area (Å²) in [6.45, 7) is 22.1. The van der Waals surface area contributed by atoms with Gasteiger partial charge in [-0.05, 0) is 20.8 Å². The SMILES string of the molecule is C=CCOC(=O)CCOCCOCCOCCN1CCN(C(=O)OC(C)(C)C)CC1.C=CCOC(=O)CCOCCOCCOCCO. The highest BCUT2D eigenvalue weighted by atomic mass is 16.6. The van der Waals surface area contributed by atoms with Crippen LogP contribution in [0.3, 0.4) is 0 Å². The van der Waals surface area contributed by atoms with Crippen LogP contribution < -0.4 is 0 Å². The summed E-state index contributed by atoms with van der Waals surface area (Å²) in [4.78, 5) is 38.3. The standard InChI is InChI=1S/C21H38N2O7.C12H22O6/c1-5-12-29-19(24)6-13-26-15-17-28-18-16-27-14-11-22-7-9-23(10-8-22)20(25)30-21(2,3)4;1-2-5-18-12(14)3-6-15-8-10-17-11-9-16-7-4-13/h5H,1,6-18H2,2-4H3;2,13H,1,3-11H2.